The molecule has 0 atom stereocenters. The van der Waals surface area contributed by atoms with Crippen molar-refractivity contribution in [1.82, 2.24) is 0 Å². The zero-order chi connectivity index (χ0) is 18.3. The van der Waals surface area contributed by atoms with Crippen molar-refractivity contribution in [3.63, 3.8) is 0 Å². The lowest BCUT2D eigenvalue weighted by molar-refractivity contribution is 0.218. The van der Waals surface area contributed by atoms with E-state index < -0.39 is 8.25 Å². The largest absolute Gasteiger partial charge is 0.319 e. The third-order valence-corrected chi connectivity index (χ3v) is 4.77. The van der Waals surface area contributed by atoms with Crippen molar-refractivity contribution in [3.8, 4) is 0 Å². The second-order valence-corrected chi connectivity index (χ2v) is 7.56. The third-order valence-electron chi connectivity index (χ3n) is 3.89. The Hall–Kier alpha value is 0.150. The van der Waals surface area contributed by atoms with Crippen LogP contribution in [-0.2, 0) is 13.6 Å². The van der Waals surface area contributed by atoms with Gasteiger partial charge in [0.15, 0.2) is 0 Å². The summed E-state index contributed by atoms with van der Waals surface area (Å²) in [6, 6.07) is 0. The first-order valence-electron chi connectivity index (χ1n) is 10.5. The van der Waals surface area contributed by atoms with E-state index in [2.05, 4.69) is 27.7 Å². The fourth-order valence-corrected chi connectivity index (χ4v) is 2.97. The zero-order valence-electron chi connectivity index (χ0n) is 17.0. The van der Waals surface area contributed by atoms with Crippen molar-refractivity contribution in [3.05, 3.63) is 0 Å². The summed E-state index contributed by atoms with van der Waals surface area (Å²) in [7, 11) is -2.22. The first-order chi connectivity index (χ1) is 11.7. The second kappa shape index (κ2) is 25.4. The summed E-state index contributed by atoms with van der Waals surface area (Å²) in [5, 5.41) is 0. The van der Waals surface area contributed by atoms with E-state index >= 15 is 0 Å². The van der Waals surface area contributed by atoms with Gasteiger partial charge in [-0.05, 0) is 12.8 Å². The van der Waals surface area contributed by atoms with Gasteiger partial charge in [-0.25, -0.2) is 0 Å². The zero-order valence-corrected chi connectivity index (χ0v) is 18.0. The summed E-state index contributed by atoms with van der Waals surface area (Å²) >= 11 is 0. The Balaban J connectivity index is 0. The van der Waals surface area contributed by atoms with Gasteiger partial charge in [0.2, 0.25) is 0 Å². The molecule has 0 fully saturated rings. The van der Waals surface area contributed by atoms with Gasteiger partial charge in [-0.3, -0.25) is 4.57 Å². The van der Waals surface area contributed by atoms with Gasteiger partial charge in [-0.2, -0.15) is 0 Å². The van der Waals surface area contributed by atoms with Gasteiger partial charge in [-0.15, -0.1) is 0 Å². The summed E-state index contributed by atoms with van der Waals surface area (Å²) in [4.78, 5) is 0. The lowest BCUT2D eigenvalue weighted by Crippen LogP contribution is -1.92. The SMILES string of the molecule is CCCCCC.CCCCCCCO[PH](=O)OCCCCCCC. The maximum absolute atomic E-state index is 11.4. The smallest absolute Gasteiger partial charge is 0.311 e. The van der Waals surface area contributed by atoms with Crippen LogP contribution >= 0.6 is 8.25 Å². The summed E-state index contributed by atoms with van der Waals surface area (Å²) in [5.74, 6) is 0. The van der Waals surface area contributed by atoms with E-state index in [1.165, 1.54) is 77.0 Å². The molecule has 0 radical (unpaired) electrons. The quantitative estimate of drug-likeness (QED) is 0.194. The maximum Gasteiger partial charge on any atom is 0.319 e. The standard InChI is InChI=1S/C14H31O3P.C6H14/c1-3-5-7-9-11-13-16-18(15)17-14-12-10-8-6-4-2;1-3-5-6-4-2/h18H,3-14H2,1-2H3;3-6H2,1-2H3. The van der Waals surface area contributed by atoms with Crippen LogP contribution in [0.3, 0.4) is 0 Å². The maximum atomic E-state index is 11.4. The Morgan fingerprint density at radius 1 is 0.500 bits per heavy atom. The van der Waals surface area contributed by atoms with Crippen LogP contribution in [0.25, 0.3) is 0 Å². The molecule has 0 aromatic carbocycles. The Kier molecular flexibility index (Phi) is 27.9. The Morgan fingerprint density at radius 3 is 1.12 bits per heavy atom. The first-order valence-corrected chi connectivity index (χ1v) is 11.7. The van der Waals surface area contributed by atoms with E-state index in [1.54, 1.807) is 0 Å². The molecule has 0 heterocycles. The number of hydrogen-bond acceptors (Lipinski definition) is 3. The van der Waals surface area contributed by atoms with Crippen molar-refractivity contribution in [2.45, 2.75) is 118 Å². The molecule has 3 nitrogen and oxygen atoms in total. The van der Waals surface area contributed by atoms with Crippen LogP contribution in [0.4, 0.5) is 0 Å². The monoisotopic (exact) mass is 364 g/mol. The first kappa shape index (κ1) is 26.4. The average Bonchev–Trinajstić information content (AvgIpc) is 2.59. The van der Waals surface area contributed by atoms with Gasteiger partial charge in [0.05, 0.1) is 13.2 Å². The van der Waals surface area contributed by atoms with Gasteiger partial charge in [0.1, 0.15) is 0 Å². The molecule has 0 aromatic rings. The lowest BCUT2D eigenvalue weighted by atomic mass is 10.2. The minimum atomic E-state index is -2.22. The Labute approximate surface area is 153 Å². The van der Waals surface area contributed by atoms with Crippen LogP contribution in [0, 0.1) is 0 Å². The fourth-order valence-electron chi connectivity index (χ4n) is 2.26. The van der Waals surface area contributed by atoms with Gasteiger partial charge in [0.25, 0.3) is 0 Å². The van der Waals surface area contributed by atoms with Crippen molar-refractivity contribution < 1.29 is 13.6 Å². The molecule has 148 valence electrons. The molecule has 0 N–H and O–H groups in total. The molecule has 0 spiro atoms. The molecular formula is C20H45O3P. The lowest BCUT2D eigenvalue weighted by Gasteiger charge is -2.05. The van der Waals surface area contributed by atoms with Crippen LogP contribution < -0.4 is 0 Å². The second-order valence-electron chi connectivity index (χ2n) is 6.48. The Morgan fingerprint density at radius 2 is 0.792 bits per heavy atom. The number of hydrogen-bond donors (Lipinski definition) is 0. The summed E-state index contributed by atoms with van der Waals surface area (Å²) in [6.07, 6.45) is 17.4. The molecule has 0 amide bonds. The highest BCUT2D eigenvalue weighted by Crippen LogP contribution is 2.24. The molecule has 0 aromatic heterocycles. The highest BCUT2D eigenvalue weighted by molar-refractivity contribution is 7.33. The van der Waals surface area contributed by atoms with E-state index in [0.29, 0.717) is 13.2 Å². The van der Waals surface area contributed by atoms with Crippen LogP contribution in [-0.4, -0.2) is 13.2 Å². The van der Waals surface area contributed by atoms with Crippen LogP contribution in [0.5, 0.6) is 0 Å². The minimum Gasteiger partial charge on any atom is -0.311 e. The fraction of sp³-hybridized carbons (Fsp3) is 1.00. The van der Waals surface area contributed by atoms with Crippen LogP contribution in [0.15, 0.2) is 0 Å². The third kappa shape index (κ3) is 27.0. The summed E-state index contributed by atoms with van der Waals surface area (Å²) < 4.78 is 21.7. The molecular weight excluding hydrogens is 319 g/mol. The highest BCUT2D eigenvalue weighted by Gasteiger charge is 1.99. The minimum absolute atomic E-state index is 0.581. The summed E-state index contributed by atoms with van der Waals surface area (Å²) in [6.45, 7) is 10.0. The van der Waals surface area contributed by atoms with Crippen molar-refractivity contribution in [2.24, 2.45) is 0 Å². The van der Waals surface area contributed by atoms with Crippen molar-refractivity contribution in [1.29, 1.82) is 0 Å². The average molecular weight is 365 g/mol. The van der Waals surface area contributed by atoms with Gasteiger partial charge < -0.3 is 9.05 Å². The predicted octanol–water partition coefficient (Wildman–Crippen LogP) is 7.94. The summed E-state index contributed by atoms with van der Waals surface area (Å²) in [5.41, 5.74) is 0. The van der Waals surface area contributed by atoms with Gasteiger partial charge in [0, 0.05) is 0 Å². The van der Waals surface area contributed by atoms with E-state index in [-0.39, 0.29) is 0 Å². The molecule has 0 saturated carbocycles. The number of unbranched alkanes of at least 4 members (excludes halogenated alkanes) is 11. The molecule has 0 aliphatic rings. The molecule has 4 heteroatoms. The molecule has 0 aliphatic heterocycles. The predicted molar refractivity (Wildman–Crippen MR) is 108 cm³/mol. The van der Waals surface area contributed by atoms with Crippen molar-refractivity contribution in [2.75, 3.05) is 13.2 Å². The van der Waals surface area contributed by atoms with E-state index in [0.717, 1.165) is 12.8 Å². The molecule has 0 bridgehead atoms. The molecule has 0 saturated heterocycles. The molecule has 0 rings (SSSR count). The van der Waals surface area contributed by atoms with Crippen LogP contribution in [0.1, 0.15) is 118 Å². The van der Waals surface area contributed by atoms with E-state index in [4.69, 9.17) is 9.05 Å². The highest BCUT2D eigenvalue weighted by atomic mass is 31.1. The van der Waals surface area contributed by atoms with Gasteiger partial charge >= 0.3 is 8.25 Å². The van der Waals surface area contributed by atoms with Gasteiger partial charge in [-0.1, -0.05) is 105 Å². The topological polar surface area (TPSA) is 35.5 Å². The molecule has 0 aliphatic carbocycles. The van der Waals surface area contributed by atoms with Crippen molar-refractivity contribution >= 4 is 8.25 Å². The van der Waals surface area contributed by atoms with Crippen LogP contribution in [0.2, 0.25) is 0 Å². The molecule has 24 heavy (non-hydrogen) atoms. The Bertz CT molecular complexity index is 213. The number of rotatable bonds is 17. The van der Waals surface area contributed by atoms with E-state index in [1.807, 2.05) is 0 Å². The normalized spacial score (nSPS) is 10.7. The van der Waals surface area contributed by atoms with E-state index in [9.17, 15) is 4.57 Å². The molecule has 0 unspecified atom stereocenters.